The van der Waals surface area contributed by atoms with Crippen molar-refractivity contribution in [2.24, 2.45) is 0 Å². The summed E-state index contributed by atoms with van der Waals surface area (Å²) in [6.45, 7) is -0.140. The Morgan fingerprint density at radius 3 is 2.88 bits per heavy atom. The van der Waals surface area contributed by atoms with E-state index >= 15 is 0 Å². The van der Waals surface area contributed by atoms with Crippen molar-refractivity contribution < 1.29 is 21.9 Å². The standard InChI is InChI=1S/C15H19F2N3O3S/c1-2-14-18-8-10-20(14)9-4-7-19-24(21,22)13-6-3-5-12(11-13)23-15(16)17/h3,5-6,8,10-11,15,19H,2,4,7,9H2,1H3. The maximum atomic E-state index is 12.2. The van der Waals surface area contributed by atoms with Gasteiger partial charge in [0.25, 0.3) is 0 Å². The third-order valence-electron chi connectivity index (χ3n) is 3.33. The molecule has 9 heteroatoms. The van der Waals surface area contributed by atoms with E-state index in [0.717, 1.165) is 18.3 Å². The monoisotopic (exact) mass is 359 g/mol. The molecule has 0 unspecified atom stereocenters. The molecule has 1 aromatic heterocycles. The van der Waals surface area contributed by atoms with Gasteiger partial charge >= 0.3 is 6.61 Å². The van der Waals surface area contributed by atoms with Crippen LogP contribution in [0.25, 0.3) is 0 Å². The molecule has 0 aliphatic heterocycles. The van der Waals surface area contributed by atoms with Crippen LogP contribution in [0.5, 0.6) is 5.75 Å². The molecule has 6 nitrogen and oxygen atoms in total. The number of aryl methyl sites for hydroxylation is 2. The van der Waals surface area contributed by atoms with Crippen LogP contribution in [0.15, 0.2) is 41.6 Å². The lowest BCUT2D eigenvalue weighted by atomic mass is 10.3. The van der Waals surface area contributed by atoms with Crippen LogP contribution >= 0.6 is 0 Å². The molecule has 1 heterocycles. The molecule has 132 valence electrons. The topological polar surface area (TPSA) is 73.2 Å². The fraction of sp³-hybridized carbons (Fsp3) is 0.400. The Kier molecular flexibility index (Phi) is 6.27. The van der Waals surface area contributed by atoms with Gasteiger partial charge in [-0.3, -0.25) is 0 Å². The van der Waals surface area contributed by atoms with E-state index in [0.29, 0.717) is 13.0 Å². The van der Waals surface area contributed by atoms with Crippen LogP contribution in [0.4, 0.5) is 8.78 Å². The molecular formula is C15H19F2N3O3S. The second-order valence-electron chi connectivity index (χ2n) is 5.00. The molecule has 24 heavy (non-hydrogen) atoms. The number of benzene rings is 1. The Balaban J connectivity index is 1.91. The van der Waals surface area contributed by atoms with Gasteiger partial charge in [0.1, 0.15) is 11.6 Å². The van der Waals surface area contributed by atoms with Gasteiger partial charge in [0, 0.05) is 38.0 Å². The largest absolute Gasteiger partial charge is 0.435 e. The number of nitrogens with zero attached hydrogens (tertiary/aromatic N) is 2. The molecule has 0 aliphatic rings. The molecule has 1 N–H and O–H groups in total. The van der Waals surface area contributed by atoms with Crippen molar-refractivity contribution in [3.8, 4) is 5.75 Å². The van der Waals surface area contributed by atoms with E-state index in [-0.39, 0.29) is 17.2 Å². The third kappa shape index (κ3) is 5.00. The minimum atomic E-state index is -3.78. The molecule has 0 bridgehead atoms. The molecule has 0 amide bonds. The van der Waals surface area contributed by atoms with E-state index in [4.69, 9.17) is 0 Å². The number of ether oxygens (including phenoxy) is 1. The summed E-state index contributed by atoms with van der Waals surface area (Å²) < 4.78 is 57.4. The zero-order chi connectivity index (χ0) is 17.6. The minimum Gasteiger partial charge on any atom is -0.435 e. The summed E-state index contributed by atoms with van der Waals surface area (Å²) in [5.74, 6) is 0.744. The molecular weight excluding hydrogens is 340 g/mol. The fourth-order valence-electron chi connectivity index (χ4n) is 2.21. The molecule has 0 spiro atoms. The smallest absolute Gasteiger partial charge is 0.387 e. The second-order valence-corrected chi connectivity index (χ2v) is 6.76. The van der Waals surface area contributed by atoms with E-state index in [1.165, 1.54) is 18.2 Å². The number of halogens is 2. The van der Waals surface area contributed by atoms with Crippen molar-refractivity contribution in [1.29, 1.82) is 0 Å². The van der Waals surface area contributed by atoms with Crippen LogP contribution in [0.3, 0.4) is 0 Å². The van der Waals surface area contributed by atoms with Crippen LogP contribution < -0.4 is 9.46 Å². The number of sulfonamides is 1. The van der Waals surface area contributed by atoms with Crippen LogP contribution in [0.2, 0.25) is 0 Å². The molecule has 0 fully saturated rings. The fourth-order valence-corrected chi connectivity index (χ4v) is 3.32. The summed E-state index contributed by atoms with van der Waals surface area (Å²) in [7, 11) is -3.78. The Labute approximate surface area is 139 Å². The maximum absolute atomic E-state index is 12.2. The van der Waals surface area contributed by atoms with Gasteiger partial charge in [0.15, 0.2) is 0 Å². The van der Waals surface area contributed by atoms with Gasteiger partial charge in [-0.2, -0.15) is 8.78 Å². The number of hydrogen-bond donors (Lipinski definition) is 1. The van der Waals surface area contributed by atoms with E-state index < -0.39 is 16.6 Å². The predicted octanol–water partition coefficient (Wildman–Crippen LogP) is 2.42. The van der Waals surface area contributed by atoms with Crippen LogP contribution in [-0.4, -0.2) is 31.1 Å². The highest BCUT2D eigenvalue weighted by atomic mass is 32.2. The quantitative estimate of drug-likeness (QED) is 0.698. The van der Waals surface area contributed by atoms with E-state index in [2.05, 4.69) is 14.4 Å². The Hall–Kier alpha value is -2.00. The number of rotatable bonds is 9. The normalized spacial score (nSPS) is 11.8. The average molecular weight is 359 g/mol. The van der Waals surface area contributed by atoms with Gasteiger partial charge in [-0.1, -0.05) is 13.0 Å². The number of nitrogens with one attached hydrogen (secondary N) is 1. The summed E-state index contributed by atoms with van der Waals surface area (Å²) in [6, 6.07) is 5.02. The highest BCUT2D eigenvalue weighted by Crippen LogP contribution is 2.19. The summed E-state index contributed by atoms with van der Waals surface area (Å²) in [5.41, 5.74) is 0. The predicted molar refractivity (Wildman–Crippen MR) is 84.5 cm³/mol. The lowest BCUT2D eigenvalue weighted by Gasteiger charge is -2.10. The van der Waals surface area contributed by atoms with Crippen molar-refractivity contribution >= 4 is 10.0 Å². The minimum absolute atomic E-state index is 0.113. The van der Waals surface area contributed by atoms with Gasteiger partial charge in [0.05, 0.1) is 4.90 Å². The van der Waals surface area contributed by atoms with Gasteiger partial charge in [-0.15, -0.1) is 0 Å². The van der Waals surface area contributed by atoms with Gasteiger partial charge in [-0.05, 0) is 18.6 Å². The molecule has 2 rings (SSSR count). The first kappa shape index (κ1) is 18.3. The summed E-state index contributed by atoms with van der Waals surface area (Å²) in [5, 5.41) is 0. The van der Waals surface area contributed by atoms with Crippen molar-refractivity contribution in [3.05, 3.63) is 42.5 Å². The molecule has 0 saturated heterocycles. The van der Waals surface area contributed by atoms with Crippen molar-refractivity contribution in [3.63, 3.8) is 0 Å². The molecule has 0 atom stereocenters. The second kappa shape index (κ2) is 8.20. The number of aromatic nitrogens is 2. The van der Waals surface area contributed by atoms with Crippen molar-refractivity contribution in [1.82, 2.24) is 14.3 Å². The Bertz CT molecular complexity index is 763. The lowest BCUT2D eigenvalue weighted by molar-refractivity contribution is -0.0499. The van der Waals surface area contributed by atoms with Crippen LogP contribution in [0, 0.1) is 0 Å². The van der Waals surface area contributed by atoms with Crippen LogP contribution in [0.1, 0.15) is 19.2 Å². The summed E-state index contributed by atoms with van der Waals surface area (Å²) in [6.07, 6.45) is 4.93. The van der Waals surface area contributed by atoms with E-state index in [9.17, 15) is 17.2 Å². The SMILES string of the molecule is CCc1nccn1CCCNS(=O)(=O)c1cccc(OC(F)F)c1. The van der Waals surface area contributed by atoms with Crippen molar-refractivity contribution in [2.75, 3.05) is 6.54 Å². The van der Waals surface area contributed by atoms with E-state index in [1.807, 2.05) is 17.7 Å². The lowest BCUT2D eigenvalue weighted by Crippen LogP contribution is -2.25. The number of alkyl halides is 2. The molecule has 1 aromatic carbocycles. The summed E-state index contributed by atoms with van der Waals surface area (Å²) in [4.78, 5) is 4.08. The third-order valence-corrected chi connectivity index (χ3v) is 4.79. The molecule has 0 aliphatic carbocycles. The summed E-state index contributed by atoms with van der Waals surface area (Å²) >= 11 is 0. The Morgan fingerprint density at radius 1 is 1.38 bits per heavy atom. The highest BCUT2D eigenvalue weighted by Gasteiger charge is 2.15. The molecule has 2 aromatic rings. The zero-order valence-corrected chi connectivity index (χ0v) is 14.0. The van der Waals surface area contributed by atoms with Crippen LogP contribution in [-0.2, 0) is 23.0 Å². The first-order chi connectivity index (χ1) is 11.4. The van der Waals surface area contributed by atoms with Gasteiger partial charge < -0.3 is 9.30 Å². The zero-order valence-electron chi connectivity index (χ0n) is 13.2. The Morgan fingerprint density at radius 2 is 2.17 bits per heavy atom. The molecule has 0 saturated carbocycles. The van der Waals surface area contributed by atoms with E-state index in [1.54, 1.807) is 6.20 Å². The van der Waals surface area contributed by atoms with Gasteiger partial charge in [-0.25, -0.2) is 18.1 Å². The molecule has 0 radical (unpaired) electrons. The highest BCUT2D eigenvalue weighted by molar-refractivity contribution is 7.89. The first-order valence-corrected chi connectivity index (χ1v) is 8.95. The first-order valence-electron chi connectivity index (χ1n) is 7.47. The average Bonchev–Trinajstić information content (AvgIpc) is 2.99. The number of imidazole rings is 1. The maximum Gasteiger partial charge on any atom is 0.387 e. The number of hydrogen-bond acceptors (Lipinski definition) is 4. The van der Waals surface area contributed by atoms with Gasteiger partial charge in [0.2, 0.25) is 10.0 Å². The van der Waals surface area contributed by atoms with Crippen molar-refractivity contribution in [2.45, 2.75) is 37.8 Å².